The van der Waals surface area contributed by atoms with Crippen LogP contribution >= 0.6 is 11.6 Å². The lowest BCUT2D eigenvalue weighted by molar-refractivity contribution is -0.117. The molecule has 4 nitrogen and oxygen atoms in total. The van der Waals surface area contributed by atoms with E-state index in [1.165, 1.54) is 11.0 Å². The zero-order chi connectivity index (χ0) is 20.7. The Labute approximate surface area is 178 Å². The van der Waals surface area contributed by atoms with E-state index in [9.17, 15) is 9.18 Å². The Balaban J connectivity index is 1.55. The lowest BCUT2D eigenvalue weighted by atomic mass is 10.1. The van der Waals surface area contributed by atoms with Crippen molar-refractivity contribution in [2.24, 2.45) is 0 Å². The van der Waals surface area contributed by atoms with Gasteiger partial charge in [0.25, 0.3) is 0 Å². The molecule has 1 aliphatic rings. The number of carbonyl (C=O) groups is 1. The zero-order valence-corrected chi connectivity index (χ0v) is 16.9. The number of hydrogen-bond acceptors (Lipinski definition) is 2. The van der Waals surface area contributed by atoms with Gasteiger partial charge in [-0.1, -0.05) is 54.1 Å². The summed E-state index contributed by atoms with van der Waals surface area (Å²) in [5, 5.41) is 0.691. The van der Waals surface area contributed by atoms with Gasteiger partial charge in [0.05, 0.1) is 23.3 Å². The number of halogens is 2. The second kappa shape index (κ2) is 7.58. The first-order chi connectivity index (χ1) is 14.6. The molecule has 1 saturated heterocycles. The Kier molecular flexibility index (Phi) is 4.75. The van der Waals surface area contributed by atoms with Crippen LogP contribution in [0.4, 0.5) is 10.1 Å². The van der Waals surface area contributed by atoms with Gasteiger partial charge in [0.15, 0.2) is 0 Å². The second-order valence-corrected chi connectivity index (χ2v) is 7.90. The van der Waals surface area contributed by atoms with Crippen LogP contribution in [0.5, 0.6) is 0 Å². The van der Waals surface area contributed by atoms with Gasteiger partial charge in [-0.25, -0.2) is 9.37 Å². The zero-order valence-electron chi connectivity index (χ0n) is 16.1. The van der Waals surface area contributed by atoms with Crippen molar-refractivity contribution in [3.63, 3.8) is 0 Å². The van der Waals surface area contributed by atoms with E-state index in [1.54, 1.807) is 18.2 Å². The fraction of sp³-hybridized carbons (Fsp3) is 0.167. The number of amides is 1. The van der Waals surface area contributed by atoms with Gasteiger partial charge in [-0.3, -0.25) is 4.79 Å². The van der Waals surface area contributed by atoms with Gasteiger partial charge in [-0.15, -0.1) is 0 Å². The van der Waals surface area contributed by atoms with Gasteiger partial charge in [-0.05, 0) is 35.9 Å². The quantitative estimate of drug-likeness (QED) is 0.444. The summed E-state index contributed by atoms with van der Waals surface area (Å²) in [6, 6.07) is 22.0. The maximum absolute atomic E-state index is 14.3. The Hall–Kier alpha value is -3.18. The summed E-state index contributed by atoms with van der Waals surface area (Å²) in [5.74, 6) is 0.202. The summed E-state index contributed by atoms with van der Waals surface area (Å²) in [6.07, 6.45) is 0.292. The highest BCUT2D eigenvalue weighted by molar-refractivity contribution is 6.31. The van der Waals surface area contributed by atoms with Crippen molar-refractivity contribution < 1.29 is 9.18 Å². The fourth-order valence-corrected chi connectivity index (χ4v) is 4.35. The van der Waals surface area contributed by atoms with Crippen LogP contribution in [0.3, 0.4) is 0 Å². The van der Waals surface area contributed by atoms with E-state index in [2.05, 4.69) is 4.57 Å². The summed E-state index contributed by atoms with van der Waals surface area (Å²) in [7, 11) is 0. The van der Waals surface area contributed by atoms with Crippen LogP contribution in [0, 0.1) is 5.82 Å². The van der Waals surface area contributed by atoms with Crippen LogP contribution in [0.15, 0.2) is 72.8 Å². The molecule has 0 radical (unpaired) electrons. The standard InChI is InChI=1S/C24H19ClFN3O/c25-18-8-2-1-7-16(18)14-29-22-12-6-4-10-20(22)27-24(29)17-13-23(30)28(15-17)21-11-5-3-9-19(21)26/h1-12,17H,13-15H2/t17-/m1/s1. The summed E-state index contributed by atoms with van der Waals surface area (Å²) in [4.78, 5) is 19.1. The van der Waals surface area contributed by atoms with Gasteiger partial charge in [0.2, 0.25) is 5.91 Å². The lowest BCUT2D eigenvalue weighted by Crippen LogP contribution is -2.25. The van der Waals surface area contributed by atoms with E-state index >= 15 is 0 Å². The van der Waals surface area contributed by atoms with Gasteiger partial charge >= 0.3 is 0 Å². The third-order valence-electron chi connectivity index (χ3n) is 5.60. The predicted octanol–water partition coefficient (Wildman–Crippen LogP) is 5.40. The van der Waals surface area contributed by atoms with Crippen LogP contribution in [0.25, 0.3) is 11.0 Å². The van der Waals surface area contributed by atoms with Crippen LogP contribution in [0.2, 0.25) is 5.02 Å². The van der Waals surface area contributed by atoms with E-state index < -0.39 is 5.82 Å². The van der Waals surface area contributed by atoms with Crippen LogP contribution in [-0.4, -0.2) is 22.0 Å². The molecule has 0 saturated carbocycles. The Bertz CT molecular complexity index is 1250. The van der Waals surface area contributed by atoms with Gasteiger partial charge in [0, 0.05) is 23.9 Å². The molecule has 0 spiro atoms. The molecular weight excluding hydrogens is 401 g/mol. The van der Waals surface area contributed by atoms with E-state index in [1.807, 2.05) is 48.5 Å². The molecule has 1 amide bonds. The van der Waals surface area contributed by atoms with Crippen LogP contribution in [-0.2, 0) is 11.3 Å². The topological polar surface area (TPSA) is 38.1 Å². The number of rotatable bonds is 4. The van der Waals surface area contributed by atoms with Gasteiger partial charge in [0.1, 0.15) is 11.6 Å². The molecule has 2 heterocycles. The average molecular weight is 420 g/mol. The van der Waals surface area contributed by atoms with E-state index in [0.717, 1.165) is 22.4 Å². The van der Waals surface area contributed by atoms with Gasteiger partial charge < -0.3 is 9.47 Å². The van der Waals surface area contributed by atoms with Crippen molar-refractivity contribution in [1.82, 2.24) is 9.55 Å². The van der Waals surface area contributed by atoms with Gasteiger partial charge in [-0.2, -0.15) is 0 Å². The number of carbonyl (C=O) groups excluding carboxylic acids is 1. The Morgan fingerprint density at radius 3 is 2.57 bits per heavy atom. The summed E-state index contributed by atoms with van der Waals surface area (Å²) in [6.45, 7) is 0.950. The normalized spacial score (nSPS) is 16.5. The Morgan fingerprint density at radius 2 is 1.73 bits per heavy atom. The van der Waals surface area contributed by atoms with Crippen molar-refractivity contribution in [2.45, 2.75) is 18.9 Å². The minimum Gasteiger partial charge on any atom is -0.323 e. The molecule has 150 valence electrons. The molecule has 1 atom stereocenters. The van der Waals surface area contributed by atoms with Crippen molar-refractivity contribution in [2.75, 3.05) is 11.4 Å². The fourth-order valence-electron chi connectivity index (χ4n) is 4.15. The van der Waals surface area contributed by atoms with E-state index in [4.69, 9.17) is 16.6 Å². The monoisotopic (exact) mass is 419 g/mol. The minimum absolute atomic E-state index is 0.0959. The maximum Gasteiger partial charge on any atom is 0.227 e. The summed E-state index contributed by atoms with van der Waals surface area (Å²) >= 11 is 6.41. The molecule has 0 N–H and O–H groups in total. The molecule has 0 bridgehead atoms. The molecule has 1 fully saturated rings. The summed E-state index contributed by atoms with van der Waals surface area (Å²) in [5.41, 5.74) is 3.16. The molecule has 1 aromatic heterocycles. The van der Waals surface area contributed by atoms with E-state index in [-0.39, 0.29) is 11.8 Å². The van der Waals surface area contributed by atoms with Crippen LogP contribution in [0.1, 0.15) is 23.7 Å². The molecule has 6 heteroatoms. The number of imidazole rings is 1. The molecular formula is C24H19ClFN3O. The highest BCUT2D eigenvalue weighted by atomic mass is 35.5. The van der Waals surface area contributed by atoms with Crippen molar-refractivity contribution in [3.8, 4) is 0 Å². The molecule has 0 unspecified atom stereocenters. The van der Waals surface area contributed by atoms with Crippen molar-refractivity contribution in [3.05, 3.63) is 95.0 Å². The lowest BCUT2D eigenvalue weighted by Gasteiger charge is -2.18. The smallest absolute Gasteiger partial charge is 0.227 e. The third kappa shape index (κ3) is 3.25. The number of fused-ring (bicyclic) bond motifs is 1. The SMILES string of the molecule is O=C1C[C@@H](c2nc3ccccc3n2Cc2ccccc2Cl)CN1c1ccccc1F. The van der Waals surface area contributed by atoms with Crippen molar-refractivity contribution in [1.29, 1.82) is 0 Å². The number of benzene rings is 3. The number of nitrogens with zero attached hydrogens (tertiary/aromatic N) is 3. The molecule has 5 rings (SSSR count). The summed E-state index contributed by atoms with van der Waals surface area (Å²) < 4.78 is 16.4. The highest BCUT2D eigenvalue weighted by Crippen LogP contribution is 2.34. The number of anilines is 1. The minimum atomic E-state index is -0.393. The number of para-hydroxylation sites is 3. The van der Waals surface area contributed by atoms with Crippen molar-refractivity contribution >= 4 is 34.2 Å². The highest BCUT2D eigenvalue weighted by Gasteiger charge is 2.35. The number of hydrogen-bond donors (Lipinski definition) is 0. The first-order valence-electron chi connectivity index (χ1n) is 9.85. The predicted molar refractivity (Wildman–Crippen MR) is 116 cm³/mol. The molecule has 30 heavy (non-hydrogen) atoms. The molecule has 0 aliphatic carbocycles. The molecule has 4 aromatic rings. The van der Waals surface area contributed by atoms with Crippen LogP contribution < -0.4 is 4.90 Å². The number of aromatic nitrogens is 2. The molecule has 3 aromatic carbocycles. The largest absolute Gasteiger partial charge is 0.323 e. The first-order valence-corrected chi connectivity index (χ1v) is 10.2. The van der Waals surface area contributed by atoms with E-state index in [0.29, 0.717) is 30.2 Å². The first kappa shape index (κ1) is 18.8. The Morgan fingerprint density at radius 1 is 1.00 bits per heavy atom. The average Bonchev–Trinajstić information content (AvgIpc) is 3.31. The maximum atomic E-state index is 14.3. The second-order valence-electron chi connectivity index (χ2n) is 7.49. The third-order valence-corrected chi connectivity index (χ3v) is 5.97. The molecule has 1 aliphatic heterocycles.